The summed E-state index contributed by atoms with van der Waals surface area (Å²) in [5.74, 6) is 6.43. The molecule has 0 radical (unpaired) electrons. The highest BCUT2D eigenvalue weighted by Crippen LogP contribution is 2.16. The summed E-state index contributed by atoms with van der Waals surface area (Å²) in [6.45, 7) is 0. The van der Waals surface area contributed by atoms with E-state index in [1.165, 1.54) is 11.3 Å². The van der Waals surface area contributed by atoms with Crippen molar-refractivity contribution in [3.63, 3.8) is 0 Å². The third-order valence-corrected chi connectivity index (χ3v) is 3.04. The van der Waals surface area contributed by atoms with Crippen molar-refractivity contribution in [2.45, 2.75) is 19.3 Å². The molecule has 1 nitrogen and oxygen atoms in total. The van der Waals surface area contributed by atoms with Crippen LogP contribution in [0.2, 0.25) is 0 Å². The molecular formula is C18H19N. The molecule has 0 bridgehead atoms. The van der Waals surface area contributed by atoms with Gasteiger partial charge >= 0.3 is 0 Å². The molecule has 2 aromatic carbocycles. The van der Waals surface area contributed by atoms with Gasteiger partial charge in [0.15, 0.2) is 0 Å². The molecule has 0 heterocycles. The van der Waals surface area contributed by atoms with Gasteiger partial charge in [-0.05, 0) is 36.6 Å². The molecule has 1 N–H and O–H groups in total. The van der Waals surface area contributed by atoms with Crippen LogP contribution in [0.3, 0.4) is 0 Å². The minimum atomic E-state index is 0.937. The molecular weight excluding hydrogens is 230 g/mol. The van der Waals surface area contributed by atoms with Crippen molar-refractivity contribution in [3.8, 4) is 11.8 Å². The third-order valence-electron chi connectivity index (χ3n) is 3.04. The first-order chi connectivity index (χ1) is 9.40. The zero-order valence-corrected chi connectivity index (χ0v) is 11.3. The van der Waals surface area contributed by atoms with Crippen LogP contribution >= 0.6 is 0 Å². The molecule has 0 aliphatic heterocycles. The first-order valence-corrected chi connectivity index (χ1v) is 6.70. The Morgan fingerprint density at radius 2 is 1.68 bits per heavy atom. The van der Waals surface area contributed by atoms with Crippen LogP contribution < -0.4 is 5.32 Å². The normalized spacial score (nSPS) is 9.53. The number of hydrogen-bond acceptors (Lipinski definition) is 1. The lowest BCUT2D eigenvalue weighted by Gasteiger charge is -2.07. The van der Waals surface area contributed by atoms with Gasteiger partial charge in [0.25, 0.3) is 0 Å². The van der Waals surface area contributed by atoms with Crippen molar-refractivity contribution in [1.82, 2.24) is 0 Å². The molecule has 0 saturated heterocycles. The van der Waals surface area contributed by atoms with Crippen LogP contribution in [0.4, 0.5) is 5.69 Å². The number of unbranched alkanes of at least 4 members (excludes halogenated alkanes) is 1. The van der Waals surface area contributed by atoms with E-state index >= 15 is 0 Å². The molecule has 0 fully saturated rings. The lowest BCUT2D eigenvalue weighted by Crippen LogP contribution is -1.94. The zero-order valence-electron chi connectivity index (χ0n) is 11.3. The van der Waals surface area contributed by atoms with Crippen molar-refractivity contribution in [2.75, 3.05) is 12.4 Å². The highest BCUT2D eigenvalue weighted by atomic mass is 14.8. The first kappa shape index (κ1) is 13.2. The van der Waals surface area contributed by atoms with E-state index < -0.39 is 0 Å². The van der Waals surface area contributed by atoms with Crippen LogP contribution in [0, 0.1) is 11.8 Å². The fraction of sp³-hybridized carbons (Fsp3) is 0.222. The minimum Gasteiger partial charge on any atom is -0.388 e. The molecule has 0 spiro atoms. The number of aryl methyl sites for hydroxylation is 1. The molecule has 0 saturated carbocycles. The van der Waals surface area contributed by atoms with E-state index in [0.717, 1.165) is 24.8 Å². The number of nitrogens with one attached hydrogen (secondary N) is 1. The van der Waals surface area contributed by atoms with Gasteiger partial charge in [0.05, 0.1) is 0 Å². The largest absolute Gasteiger partial charge is 0.388 e. The Morgan fingerprint density at radius 1 is 0.947 bits per heavy atom. The van der Waals surface area contributed by atoms with Gasteiger partial charge < -0.3 is 5.32 Å². The highest BCUT2D eigenvalue weighted by Gasteiger charge is 1.98. The first-order valence-electron chi connectivity index (χ1n) is 6.70. The Bertz CT molecular complexity index is 561. The van der Waals surface area contributed by atoms with E-state index in [2.05, 4.69) is 41.4 Å². The Morgan fingerprint density at radius 3 is 2.47 bits per heavy atom. The number of anilines is 1. The Hall–Kier alpha value is -2.20. The van der Waals surface area contributed by atoms with Gasteiger partial charge in [-0.3, -0.25) is 0 Å². The molecule has 0 unspecified atom stereocenters. The lowest BCUT2D eigenvalue weighted by molar-refractivity contribution is 0.859. The smallest absolute Gasteiger partial charge is 0.0370 e. The van der Waals surface area contributed by atoms with E-state index in [4.69, 9.17) is 0 Å². The highest BCUT2D eigenvalue weighted by molar-refractivity contribution is 5.50. The number of benzene rings is 2. The molecule has 2 rings (SSSR count). The van der Waals surface area contributed by atoms with Gasteiger partial charge in [0.1, 0.15) is 0 Å². The molecule has 0 aliphatic carbocycles. The summed E-state index contributed by atoms with van der Waals surface area (Å²) in [7, 11) is 1.97. The summed E-state index contributed by atoms with van der Waals surface area (Å²) >= 11 is 0. The zero-order chi connectivity index (χ0) is 13.3. The van der Waals surface area contributed by atoms with E-state index in [1.807, 2.05) is 37.4 Å². The fourth-order valence-corrected chi connectivity index (χ4v) is 2.04. The van der Waals surface area contributed by atoms with Gasteiger partial charge in [-0.25, -0.2) is 0 Å². The van der Waals surface area contributed by atoms with E-state index in [1.54, 1.807) is 0 Å². The maximum Gasteiger partial charge on any atom is 0.0370 e. The van der Waals surface area contributed by atoms with Gasteiger partial charge in [-0.2, -0.15) is 0 Å². The molecule has 2 aromatic rings. The Kier molecular flexibility index (Phi) is 5.07. The quantitative estimate of drug-likeness (QED) is 0.635. The van der Waals surface area contributed by atoms with Gasteiger partial charge in [-0.1, -0.05) is 48.2 Å². The average molecular weight is 249 g/mol. The topological polar surface area (TPSA) is 12.0 Å². The number of rotatable bonds is 4. The summed E-state index contributed by atoms with van der Waals surface area (Å²) in [5, 5.41) is 3.23. The standard InChI is InChI=1S/C18H19N/c1-19-18-15-9-8-14-17(18)13-7-3-6-12-16-10-4-2-5-11-16/h2,4-5,8-11,14-15,19H,3,7,13H2,1H3. The maximum atomic E-state index is 3.24. The second-order valence-electron chi connectivity index (χ2n) is 4.43. The van der Waals surface area contributed by atoms with Crippen molar-refractivity contribution >= 4 is 5.69 Å². The molecule has 19 heavy (non-hydrogen) atoms. The SMILES string of the molecule is CNc1ccccc1CCCC#Cc1ccccc1. The molecule has 0 aromatic heterocycles. The fourth-order valence-electron chi connectivity index (χ4n) is 2.04. The van der Waals surface area contributed by atoms with Crippen LogP contribution in [0.5, 0.6) is 0 Å². The van der Waals surface area contributed by atoms with Crippen LogP contribution in [0.15, 0.2) is 54.6 Å². The predicted molar refractivity (Wildman–Crippen MR) is 82.2 cm³/mol. The minimum absolute atomic E-state index is 0.937. The summed E-state index contributed by atoms with van der Waals surface area (Å²) in [4.78, 5) is 0. The lowest BCUT2D eigenvalue weighted by atomic mass is 10.1. The average Bonchev–Trinajstić information content (AvgIpc) is 2.48. The van der Waals surface area contributed by atoms with Crippen LogP contribution in [0.25, 0.3) is 0 Å². The van der Waals surface area contributed by atoms with Crippen molar-refractivity contribution < 1.29 is 0 Å². The van der Waals surface area contributed by atoms with Crippen LogP contribution in [0.1, 0.15) is 24.0 Å². The Balaban J connectivity index is 1.83. The van der Waals surface area contributed by atoms with E-state index in [9.17, 15) is 0 Å². The summed E-state index contributed by atoms with van der Waals surface area (Å²) in [6, 6.07) is 18.6. The van der Waals surface area contributed by atoms with Gasteiger partial charge in [-0.15, -0.1) is 0 Å². The molecule has 0 atom stereocenters. The molecule has 0 amide bonds. The molecule has 1 heteroatoms. The number of hydrogen-bond donors (Lipinski definition) is 1. The molecule has 96 valence electrons. The van der Waals surface area contributed by atoms with Crippen molar-refractivity contribution in [3.05, 3.63) is 65.7 Å². The van der Waals surface area contributed by atoms with E-state index in [-0.39, 0.29) is 0 Å². The van der Waals surface area contributed by atoms with Crippen molar-refractivity contribution in [2.24, 2.45) is 0 Å². The monoisotopic (exact) mass is 249 g/mol. The second-order valence-corrected chi connectivity index (χ2v) is 4.43. The summed E-state index contributed by atoms with van der Waals surface area (Å²) < 4.78 is 0. The Labute approximate surface area is 115 Å². The molecule has 0 aliphatic rings. The summed E-state index contributed by atoms with van der Waals surface area (Å²) in [6.07, 6.45) is 3.10. The van der Waals surface area contributed by atoms with Crippen LogP contribution in [-0.2, 0) is 6.42 Å². The summed E-state index contributed by atoms with van der Waals surface area (Å²) in [5.41, 5.74) is 3.68. The van der Waals surface area contributed by atoms with Crippen LogP contribution in [-0.4, -0.2) is 7.05 Å². The predicted octanol–water partition coefficient (Wildman–Crippen LogP) is 4.10. The van der Waals surface area contributed by atoms with E-state index in [0.29, 0.717) is 0 Å². The second kappa shape index (κ2) is 7.28. The number of para-hydroxylation sites is 1. The van der Waals surface area contributed by atoms with Gasteiger partial charge in [0, 0.05) is 24.7 Å². The third kappa shape index (κ3) is 4.19. The maximum absolute atomic E-state index is 3.24. The van der Waals surface area contributed by atoms with Crippen molar-refractivity contribution in [1.29, 1.82) is 0 Å². The van der Waals surface area contributed by atoms with Gasteiger partial charge in [0.2, 0.25) is 0 Å².